The Morgan fingerprint density at radius 3 is 2.56 bits per heavy atom. The van der Waals surface area contributed by atoms with E-state index in [0.29, 0.717) is 15.7 Å². The summed E-state index contributed by atoms with van der Waals surface area (Å²) >= 11 is 11.4. The molecule has 0 aliphatic rings. The SMILES string of the molecule is O=C/C(=N\Nc1ccc(Cl)c(Cl)c1)C(=O)O. The molecule has 0 saturated carbocycles. The van der Waals surface area contributed by atoms with E-state index < -0.39 is 11.7 Å². The number of benzene rings is 1. The number of aliphatic carboxylic acids is 1. The van der Waals surface area contributed by atoms with Gasteiger partial charge in [0, 0.05) is 0 Å². The summed E-state index contributed by atoms with van der Waals surface area (Å²) in [6.45, 7) is 0. The van der Waals surface area contributed by atoms with E-state index in [1.165, 1.54) is 12.1 Å². The molecule has 84 valence electrons. The van der Waals surface area contributed by atoms with Gasteiger partial charge in [-0.05, 0) is 18.2 Å². The maximum atomic E-state index is 10.4. The first-order chi connectivity index (χ1) is 7.54. The van der Waals surface area contributed by atoms with Crippen LogP contribution in [0.15, 0.2) is 23.3 Å². The molecule has 0 aliphatic heterocycles. The van der Waals surface area contributed by atoms with Gasteiger partial charge in [0.1, 0.15) is 0 Å². The van der Waals surface area contributed by atoms with Gasteiger partial charge < -0.3 is 5.11 Å². The Kier molecular flexibility index (Phi) is 4.28. The molecule has 5 nitrogen and oxygen atoms in total. The molecule has 0 saturated heterocycles. The maximum Gasteiger partial charge on any atom is 0.359 e. The predicted molar refractivity (Wildman–Crippen MR) is 61.2 cm³/mol. The molecular formula is C9H6Cl2N2O3. The minimum atomic E-state index is -1.41. The van der Waals surface area contributed by atoms with Gasteiger partial charge in [0.25, 0.3) is 0 Å². The van der Waals surface area contributed by atoms with Crippen LogP contribution in [-0.2, 0) is 9.59 Å². The van der Waals surface area contributed by atoms with Crippen LogP contribution in [0.2, 0.25) is 10.0 Å². The van der Waals surface area contributed by atoms with Crippen LogP contribution in [0.4, 0.5) is 5.69 Å². The molecule has 1 rings (SSSR count). The number of hydrogen-bond donors (Lipinski definition) is 2. The fourth-order valence-electron chi connectivity index (χ4n) is 0.815. The summed E-state index contributed by atoms with van der Waals surface area (Å²) in [5.74, 6) is -1.41. The molecule has 0 radical (unpaired) electrons. The predicted octanol–water partition coefficient (Wildman–Crippen LogP) is 2.04. The van der Waals surface area contributed by atoms with Crippen LogP contribution in [0.1, 0.15) is 0 Å². The van der Waals surface area contributed by atoms with Crippen molar-refractivity contribution in [1.82, 2.24) is 0 Å². The first-order valence-corrected chi connectivity index (χ1v) is 4.77. The molecule has 0 amide bonds. The Balaban J connectivity index is 2.85. The largest absolute Gasteiger partial charge is 0.476 e. The van der Waals surface area contributed by atoms with Crippen molar-refractivity contribution in [3.63, 3.8) is 0 Å². The summed E-state index contributed by atoms with van der Waals surface area (Å²) in [7, 11) is 0. The smallest absolute Gasteiger partial charge is 0.359 e. The van der Waals surface area contributed by atoms with Crippen molar-refractivity contribution >= 4 is 46.9 Å². The molecule has 2 N–H and O–H groups in total. The molecule has 0 aliphatic carbocycles. The molecule has 7 heteroatoms. The Morgan fingerprint density at radius 1 is 1.38 bits per heavy atom. The van der Waals surface area contributed by atoms with E-state index in [0.717, 1.165) is 0 Å². The van der Waals surface area contributed by atoms with Crippen molar-refractivity contribution in [2.24, 2.45) is 5.10 Å². The third-order valence-corrected chi connectivity index (χ3v) is 2.29. The number of carboxylic acid groups (broad SMARTS) is 1. The Bertz CT molecular complexity index is 460. The molecule has 0 aromatic heterocycles. The van der Waals surface area contributed by atoms with Crippen LogP contribution in [0, 0.1) is 0 Å². The van der Waals surface area contributed by atoms with Gasteiger partial charge in [-0.3, -0.25) is 10.2 Å². The molecule has 0 bridgehead atoms. The summed E-state index contributed by atoms with van der Waals surface area (Å²) in [5, 5.41) is 12.5. The summed E-state index contributed by atoms with van der Waals surface area (Å²) in [6.07, 6.45) is 0.132. The first kappa shape index (κ1) is 12.5. The highest BCUT2D eigenvalue weighted by Crippen LogP contribution is 2.24. The third-order valence-electron chi connectivity index (χ3n) is 1.56. The van der Waals surface area contributed by atoms with Gasteiger partial charge in [-0.2, -0.15) is 5.10 Å². The van der Waals surface area contributed by atoms with Crippen LogP contribution in [-0.4, -0.2) is 23.1 Å². The van der Waals surface area contributed by atoms with Crippen molar-refractivity contribution in [3.8, 4) is 0 Å². The number of carbonyl (C=O) groups excluding carboxylic acids is 1. The van der Waals surface area contributed by atoms with Crippen molar-refractivity contribution in [2.45, 2.75) is 0 Å². The Labute approximate surface area is 101 Å². The summed E-state index contributed by atoms with van der Waals surface area (Å²) < 4.78 is 0. The van der Waals surface area contributed by atoms with Crippen LogP contribution in [0.3, 0.4) is 0 Å². The number of hydrazone groups is 1. The molecule has 0 fully saturated rings. The van der Waals surface area contributed by atoms with Gasteiger partial charge in [0.05, 0.1) is 15.7 Å². The summed E-state index contributed by atoms with van der Waals surface area (Å²) in [6, 6.07) is 4.52. The highest BCUT2D eigenvalue weighted by Gasteiger charge is 2.07. The van der Waals surface area contributed by atoms with E-state index in [2.05, 4.69) is 10.5 Å². The summed E-state index contributed by atoms with van der Waals surface area (Å²) in [4.78, 5) is 20.7. The Hall–Kier alpha value is -1.59. The van der Waals surface area contributed by atoms with E-state index in [4.69, 9.17) is 28.3 Å². The molecule has 0 atom stereocenters. The zero-order valence-electron chi connectivity index (χ0n) is 7.78. The standard InChI is InChI=1S/C9H6Cl2N2O3/c10-6-2-1-5(3-7(6)11)12-13-8(4-14)9(15)16/h1-4,12H,(H,15,16)/b13-8+. The number of rotatable bonds is 4. The van der Waals surface area contributed by atoms with Gasteiger partial charge >= 0.3 is 5.97 Å². The first-order valence-electron chi connectivity index (χ1n) is 4.02. The van der Waals surface area contributed by atoms with E-state index in [-0.39, 0.29) is 6.29 Å². The molecule has 0 unspecified atom stereocenters. The zero-order valence-corrected chi connectivity index (χ0v) is 9.29. The van der Waals surface area contributed by atoms with Gasteiger partial charge in [-0.15, -0.1) is 0 Å². The van der Waals surface area contributed by atoms with Gasteiger partial charge in [0.15, 0.2) is 6.29 Å². The fraction of sp³-hybridized carbons (Fsp3) is 0. The number of carbonyl (C=O) groups is 2. The third kappa shape index (κ3) is 3.22. The van der Waals surface area contributed by atoms with Crippen LogP contribution < -0.4 is 5.43 Å². The van der Waals surface area contributed by atoms with Gasteiger partial charge in [-0.25, -0.2) is 4.79 Å². The van der Waals surface area contributed by atoms with Crippen LogP contribution >= 0.6 is 23.2 Å². The van der Waals surface area contributed by atoms with E-state index in [1.54, 1.807) is 6.07 Å². The van der Waals surface area contributed by atoms with Crippen LogP contribution in [0.25, 0.3) is 0 Å². The number of aldehydes is 1. The molecule has 0 spiro atoms. The number of hydrogen-bond acceptors (Lipinski definition) is 4. The molecule has 1 aromatic rings. The van der Waals surface area contributed by atoms with Crippen molar-refractivity contribution in [1.29, 1.82) is 0 Å². The van der Waals surface area contributed by atoms with Crippen molar-refractivity contribution < 1.29 is 14.7 Å². The van der Waals surface area contributed by atoms with E-state index in [1.807, 2.05) is 0 Å². The van der Waals surface area contributed by atoms with Crippen molar-refractivity contribution in [2.75, 3.05) is 5.43 Å². The van der Waals surface area contributed by atoms with Gasteiger partial charge in [0.2, 0.25) is 5.71 Å². The Morgan fingerprint density at radius 2 is 2.06 bits per heavy atom. The number of anilines is 1. The number of nitrogens with zero attached hydrogens (tertiary/aromatic N) is 1. The van der Waals surface area contributed by atoms with Gasteiger partial charge in [-0.1, -0.05) is 23.2 Å². The lowest BCUT2D eigenvalue weighted by molar-refractivity contribution is -0.129. The minimum absolute atomic E-state index is 0.132. The highest BCUT2D eigenvalue weighted by atomic mass is 35.5. The lowest BCUT2D eigenvalue weighted by Crippen LogP contribution is -2.15. The second-order valence-corrected chi connectivity index (χ2v) is 3.48. The fourth-order valence-corrected chi connectivity index (χ4v) is 1.11. The highest BCUT2D eigenvalue weighted by molar-refractivity contribution is 6.57. The quantitative estimate of drug-likeness (QED) is 0.376. The second-order valence-electron chi connectivity index (χ2n) is 2.66. The van der Waals surface area contributed by atoms with Crippen LogP contribution in [0.5, 0.6) is 0 Å². The van der Waals surface area contributed by atoms with Crippen molar-refractivity contribution in [3.05, 3.63) is 28.2 Å². The topological polar surface area (TPSA) is 78.8 Å². The number of nitrogens with one attached hydrogen (secondary N) is 1. The number of halogens is 2. The second kappa shape index (κ2) is 5.48. The average molecular weight is 261 g/mol. The maximum absolute atomic E-state index is 10.4. The number of carboxylic acids is 1. The van der Waals surface area contributed by atoms with E-state index in [9.17, 15) is 9.59 Å². The molecule has 0 heterocycles. The average Bonchev–Trinajstić information content (AvgIpc) is 2.23. The van der Waals surface area contributed by atoms with E-state index >= 15 is 0 Å². The minimum Gasteiger partial charge on any atom is -0.476 e. The molecule has 1 aromatic carbocycles. The summed E-state index contributed by atoms with van der Waals surface area (Å²) in [5.41, 5.74) is 2.17. The normalized spacial score (nSPS) is 11.0. The monoisotopic (exact) mass is 260 g/mol. The molecular weight excluding hydrogens is 255 g/mol. The lowest BCUT2D eigenvalue weighted by Gasteiger charge is -2.02. The lowest BCUT2D eigenvalue weighted by atomic mass is 10.3. The molecule has 16 heavy (non-hydrogen) atoms. The zero-order chi connectivity index (χ0) is 12.1.